The number of rotatable bonds is 9. The maximum atomic E-state index is 6.31. The number of nitrogens with one attached hydrogen (secondary N) is 1. The second-order valence-electron chi connectivity index (χ2n) is 7.12. The summed E-state index contributed by atoms with van der Waals surface area (Å²) >= 11 is 0. The molecular weight excluding hydrogens is 282 g/mol. The largest absolute Gasteiger partial charge is 0.397 e. The van der Waals surface area contributed by atoms with E-state index in [4.69, 9.17) is 5.73 Å². The third kappa shape index (κ3) is 6.06. The lowest BCUT2D eigenvalue weighted by Crippen LogP contribution is -2.33. The van der Waals surface area contributed by atoms with Crippen LogP contribution < -0.4 is 16.0 Å². The first kappa shape index (κ1) is 18.1. The monoisotopic (exact) mass is 317 g/mol. The summed E-state index contributed by atoms with van der Waals surface area (Å²) in [5, 5.41) is 3.53. The van der Waals surface area contributed by atoms with E-state index in [1.54, 1.807) is 0 Å². The number of anilines is 2. The van der Waals surface area contributed by atoms with E-state index >= 15 is 0 Å². The molecule has 3 heteroatoms. The van der Waals surface area contributed by atoms with Gasteiger partial charge >= 0.3 is 0 Å². The molecule has 0 atom stereocenters. The Morgan fingerprint density at radius 1 is 1.13 bits per heavy atom. The summed E-state index contributed by atoms with van der Waals surface area (Å²) in [6.45, 7) is 9.15. The number of benzene rings is 1. The molecule has 0 saturated carbocycles. The fraction of sp³-hybridized carbons (Fsp3) is 0.700. The van der Waals surface area contributed by atoms with E-state index in [1.165, 1.54) is 49.8 Å². The van der Waals surface area contributed by atoms with Crippen LogP contribution in [0.1, 0.15) is 57.9 Å². The molecule has 130 valence electrons. The van der Waals surface area contributed by atoms with Crippen LogP contribution >= 0.6 is 0 Å². The zero-order chi connectivity index (χ0) is 16.5. The van der Waals surface area contributed by atoms with E-state index in [0.717, 1.165) is 44.2 Å². The third-order valence-electron chi connectivity index (χ3n) is 4.99. The van der Waals surface area contributed by atoms with Gasteiger partial charge in [0.15, 0.2) is 0 Å². The second-order valence-corrected chi connectivity index (χ2v) is 7.12. The topological polar surface area (TPSA) is 41.3 Å². The van der Waals surface area contributed by atoms with Crippen molar-refractivity contribution in [1.82, 2.24) is 5.32 Å². The fourth-order valence-corrected chi connectivity index (χ4v) is 3.34. The zero-order valence-corrected chi connectivity index (χ0v) is 15.1. The Morgan fingerprint density at radius 2 is 1.87 bits per heavy atom. The Morgan fingerprint density at radius 3 is 2.57 bits per heavy atom. The average molecular weight is 318 g/mol. The van der Waals surface area contributed by atoms with Gasteiger partial charge in [-0.3, -0.25) is 0 Å². The lowest BCUT2D eigenvalue weighted by atomic mass is 9.98. The van der Waals surface area contributed by atoms with Crippen molar-refractivity contribution in [2.24, 2.45) is 5.92 Å². The van der Waals surface area contributed by atoms with Crippen molar-refractivity contribution in [3.8, 4) is 0 Å². The Bertz CT molecular complexity index is 450. The summed E-state index contributed by atoms with van der Waals surface area (Å²) in [4.78, 5) is 2.45. The molecule has 3 nitrogen and oxygen atoms in total. The van der Waals surface area contributed by atoms with Gasteiger partial charge < -0.3 is 16.0 Å². The maximum absolute atomic E-state index is 6.31. The third-order valence-corrected chi connectivity index (χ3v) is 4.99. The number of hydrogen-bond donors (Lipinski definition) is 2. The molecule has 1 saturated heterocycles. The summed E-state index contributed by atoms with van der Waals surface area (Å²) in [6.07, 6.45) is 8.79. The number of piperidine rings is 1. The Labute approximate surface area is 142 Å². The van der Waals surface area contributed by atoms with Gasteiger partial charge in [-0.1, -0.05) is 32.8 Å². The highest BCUT2D eigenvalue weighted by atomic mass is 15.1. The first-order chi connectivity index (χ1) is 11.2. The van der Waals surface area contributed by atoms with Crippen LogP contribution in [0.4, 0.5) is 11.4 Å². The smallest absolute Gasteiger partial charge is 0.0600 e. The van der Waals surface area contributed by atoms with Crippen LogP contribution in [0.2, 0.25) is 0 Å². The van der Waals surface area contributed by atoms with E-state index in [9.17, 15) is 0 Å². The van der Waals surface area contributed by atoms with Crippen LogP contribution in [0.25, 0.3) is 0 Å². The summed E-state index contributed by atoms with van der Waals surface area (Å²) in [5.41, 5.74) is 9.87. The summed E-state index contributed by atoms with van der Waals surface area (Å²) in [7, 11) is 0. The fourth-order valence-electron chi connectivity index (χ4n) is 3.34. The van der Waals surface area contributed by atoms with Gasteiger partial charge in [0.1, 0.15) is 0 Å². The molecule has 1 fully saturated rings. The van der Waals surface area contributed by atoms with Gasteiger partial charge in [-0.15, -0.1) is 0 Å². The van der Waals surface area contributed by atoms with Crippen molar-refractivity contribution in [1.29, 1.82) is 0 Å². The predicted octanol–water partition coefficient (Wildman–Crippen LogP) is 4.22. The molecule has 23 heavy (non-hydrogen) atoms. The number of unbranched alkanes of at least 4 members (excludes halogenated alkanes) is 2. The molecule has 1 aliphatic rings. The molecule has 0 aromatic heterocycles. The van der Waals surface area contributed by atoms with Gasteiger partial charge in [-0.05, 0) is 68.8 Å². The van der Waals surface area contributed by atoms with E-state index in [1.807, 2.05) is 0 Å². The minimum absolute atomic E-state index is 0.858. The molecule has 0 spiro atoms. The quantitative estimate of drug-likeness (QED) is 0.529. The molecule has 0 radical (unpaired) electrons. The number of aryl methyl sites for hydroxylation is 1. The van der Waals surface area contributed by atoms with E-state index < -0.39 is 0 Å². The van der Waals surface area contributed by atoms with Crippen LogP contribution in [0, 0.1) is 5.92 Å². The standard InChI is InChI=1S/C20H35N3/c1-3-4-5-12-22-13-6-7-18-8-9-20(19(21)16-18)23-14-10-17(2)11-15-23/h8-9,16-17,22H,3-7,10-15,21H2,1-2H3. The second kappa shape index (κ2) is 9.82. The molecule has 0 bridgehead atoms. The van der Waals surface area contributed by atoms with Crippen molar-refractivity contribution >= 4 is 11.4 Å². The molecular formula is C20H35N3. The molecule has 0 amide bonds. The number of nitrogen functional groups attached to an aromatic ring is 1. The highest BCUT2D eigenvalue weighted by Gasteiger charge is 2.17. The molecule has 0 aliphatic carbocycles. The predicted molar refractivity (Wildman–Crippen MR) is 102 cm³/mol. The Kier molecular flexibility index (Phi) is 7.73. The number of nitrogens with two attached hydrogens (primary N) is 1. The van der Waals surface area contributed by atoms with E-state index in [0.29, 0.717) is 0 Å². The van der Waals surface area contributed by atoms with Crippen molar-refractivity contribution in [3.63, 3.8) is 0 Å². The highest BCUT2D eigenvalue weighted by Crippen LogP contribution is 2.29. The van der Waals surface area contributed by atoms with E-state index in [-0.39, 0.29) is 0 Å². The molecule has 3 N–H and O–H groups in total. The normalized spacial score (nSPS) is 16.0. The molecule has 1 aromatic carbocycles. The van der Waals surface area contributed by atoms with Gasteiger partial charge in [-0.25, -0.2) is 0 Å². The van der Waals surface area contributed by atoms with Crippen LogP contribution in [0.3, 0.4) is 0 Å². The summed E-state index contributed by atoms with van der Waals surface area (Å²) in [5.74, 6) is 0.858. The highest BCUT2D eigenvalue weighted by molar-refractivity contribution is 5.68. The first-order valence-corrected chi connectivity index (χ1v) is 9.54. The number of nitrogens with zero attached hydrogens (tertiary/aromatic N) is 1. The lowest BCUT2D eigenvalue weighted by molar-refractivity contribution is 0.438. The van der Waals surface area contributed by atoms with Gasteiger partial charge in [-0.2, -0.15) is 0 Å². The Hall–Kier alpha value is -1.22. The van der Waals surface area contributed by atoms with Gasteiger partial charge in [0, 0.05) is 13.1 Å². The zero-order valence-electron chi connectivity index (χ0n) is 15.1. The van der Waals surface area contributed by atoms with Crippen molar-refractivity contribution in [2.45, 2.75) is 58.8 Å². The Balaban J connectivity index is 1.73. The minimum atomic E-state index is 0.858. The molecule has 1 aliphatic heterocycles. The minimum Gasteiger partial charge on any atom is -0.397 e. The van der Waals surface area contributed by atoms with Crippen LogP contribution in [-0.2, 0) is 6.42 Å². The van der Waals surface area contributed by atoms with Crippen molar-refractivity contribution < 1.29 is 0 Å². The molecule has 2 rings (SSSR count). The SMILES string of the molecule is CCCCCNCCCc1ccc(N2CCC(C)CC2)c(N)c1. The molecule has 1 heterocycles. The van der Waals surface area contributed by atoms with Crippen LogP contribution in [0.15, 0.2) is 18.2 Å². The van der Waals surface area contributed by atoms with Gasteiger partial charge in [0.25, 0.3) is 0 Å². The average Bonchev–Trinajstić information content (AvgIpc) is 2.55. The summed E-state index contributed by atoms with van der Waals surface area (Å²) < 4.78 is 0. The first-order valence-electron chi connectivity index (χ1n) is 9.54. The van der Waals surface area contributed by atoms with Gasteiger partial charge in [0.2, 0.25) is 0 Å². The van der Waals surface area contributed by atoms with Crippen molar-refractivity contribution in [3.05, 3.63) is 23.8 Å². The van der Waals surface area contributed by atoms with Crippen molar-refractivity contribution in [2.75, 3.05) is 36.8 Å². The maximum Gasteiger partial charge on any atom is 0.0600 e. The molecule has 0 unspecified atom stereocenters. The van der Waals surface area contributed by atoms with Crippen LogP contribution in [0.5, 0.6) is 0 Å². The lowest BCUT2D eigenvalue weighted by Gasteiger charge is -2.33. The number of hydrogen-bond acceptors (Lipinski definition) is 3. The van der Waals surface area contributed by atoms with Gasteiger partial charge in [0.05, 0.1) is 11.4 Å². The van der Waals surface area contributed by atoms with Crippen LogP contribution in [-0.4, -0.2) is 26.2 Å². The molecule has 1 aromatic rings. The summed E-state index contributed by atoms with van der Waals surface area (Å²) in [6, 6.07) is 6.68. The van der Waals surface area contributed by atoms with E-state index in [2.05, 4.69) is 42.3 Å².